The molecule has 0 aromatic heterocycles. The Morgan fingerprint density at radius 3 is 2.27 bits per heavy atom. The van der Waals surface area contributed by atoms with Crippen LogP contribution in [0.25, 0.3) is 5.57 Å². The topological polar surface area (TPSA) is 21.3 Å². The highest BCUT2D eigenvalue weighted by molar-refractivity contribution is 14.1. The average molecular weight is 520 g/mol. The standard InChI is InChI=1S/C27H38INO/c28-23-14-16-24(17-15-23)30-27-20-22(21-11-7-6-8-12-21)19-26-25(27)13-9-4-2-1-3-5-10-18-29-26/h6-8,11-12,19-20,23-26,29H,1-5,9-10,13-18H2/t23-,24+,25?,26?. The van der Waals surface area contributed by atoms with Gasteiger partial charge in [0.25, 0.3) is 0 Å². The molecule has 1 saturated heterocycles. The first kappa shape index (κ1) is 22.4. The van der Waals surface area contributed by atoms with Crippen molar-refractivity contribution in [2.24, 2.45) is 5.92 Å². The molecule has 2 atom stereocenters. The molecule has 2 unspecified atom stereocenters. The van der Waals surface area contributed by atoms with Crippen LogP contribution in [0, 0.1) is 5.92 Å². The molecule has 3 aliphatic rings. The second-order valence-corrected chi connectivity index (χ2v) is 11.1. The Labute approximate surface area is 197 Å². The predicted molar refractivity (Wildman–Crippen MR) is 136 cm³/mol. The lowest BCUT2D eigenvalue weighted by Gasteiger charge is -2.36. The van der Waals surface area contributed by atoms with Crippen LogP contribution in [0.4, 0.5) is 0 Å². The molecule has 30 heavy (non-hydrogen) atoms. The van der Waals surface area contributed by atoms with Gasteiger partial charge in [-0.1, -0.05) is 97.5 Å². The maximum absolute atomic E-state index is 6.80. The van der Waals surface area contributed by atoms with Gasteiger partial charge in [-0.2, -0.15) is 0 Å². The van der Waals surface area contributed by atoms with Crippen molar-refractivity contribution >= 4 is 28.2 Å². The van der Waals surface area contributed by atoms with Gasteiger partial charge in [0.2, 0.25) is 0 Å². The van der Waals surface area contributed by atoms with E-state index in [1.165, 1.54) is 93.9 Å². The van der Waals surface area contributed by atoms with Gasteiger partial charge >= 0.3 is 0 Å². The summed E-state index contributed by atoms with van der Waals surface area (Å²) >= 11 is 2.61. The highest BCUT2D eigenvalue weighted by atomic mass is 127. The monoisotopic (exact) mass is 519 g/mol. The first-order chi connectivity index (χ1) is 14.8. The van der Waals surface area contributed by atoms with E-state index in [2.05, 4.69) is 70.4 Å². The number of fused-ring (bicyclic) bond motifs is 1. The predicted octanol–water partition coefficient (Wildman–Crippen LogP) is 7.44. The lowest BCUT2D eigenvalue weighted by Crippen LogP contribution is -2.39. The molecule has 1 heterocycles. The molecule has 2 nitrogen and oxygen atoms in total. The van der Waals surface area contributed by atoms with Crippen LogP contribution in [0.15, 0.2) is 48.2 Å². The van der Waals surface area contributed by atoms with Crippen molar-refractivity contribution in [3.8, 4) is 0 Å². The number of hydrogen-bond acceptors (Lipinski definition) is 2. The summed E-state index contributed by atoms with van der Waals surface area (Å²) in [6, 6.07) is 11.3. The van der Waals surface area contributed by atoms with Gasteiger partial charge < -0.3 is 10.1 Å². The number of alkyl halides is 1. The summed E-state index contributed by atoms with van der Waals surface area (Å²) in [6.45, 7) is 1.12. The summed E-state index contributed by atoms with van der Waals surface area (Å²) in [5.41, 5.74) is 2.63. The second kappa shape index (κ2) is 11.7. The minimum atomic E-state index is 0.389. The van der Waals surface area contributed by atoms with Crippen LogP contribution in [-0.4, -0.2) is 22.6 Å². The molecule has 0 bridgehead atoms. The zero-order chi connectivity index (χ0) is 20.6. The zero-order valence-corrected chi connectivity index (χ0v) is 20.5. The van der Waals surface area contributed by atoms with Crippen LogP contribution >= 0.6 is 22.6 Å². The van der Waals surface area contributed by atoms with Gasteiger partial charge in [0.1, 0.15) is 5.76 Å². The Hall–Kier alpha value is -0.810. The minimum Gasteiger partial charge on any atom is -0.494 e. The van der Waals surface area contributed by atoms with Gasteiger partial charge in [0.15, 0.2) is 0 Å². The summed E-state index contributed by atoms with van der Waals surface area (Å²) in [4.78, 5) is 0. The molecule has 1 aliphatic heterocycles. The van der Waals surface area contributed by atoms with Gasteiger partial charge in [0, 0.05) is 15.9 Å². The van der Waals surface area contributed by atoms with Gasteiger partial charge in [-0.05, 0) is 62.3 Å². The number of rotatable bonds is 3. The molecule has 4 rings (SSSR count). The molecule has 2 aliphatic carbocycles. The average Bonchev–Trinajstić information content (AvgIpc) is 2.77. The Bertz CT molecular complexity index is 705. The third-order valence-electron chi connectivity index (χ3n) is 7.04. The number of benzene rings is 1. The highest BCUT2D eigenvalue weighted by Crippen LogP contribution is 2.37. The summed E-state index contributed by atoms with van der Waals surface area (Å²) in [6.07, 6.45) is 21.1. The summed E-state index contributed by atoms with van der Waals surface area (Å²) in [5.74, 6) is 1.73. The molecular weight excluding hydrogens is 481 g/mol. The first-order valence-electron chi connectivity index (χ1n) is 12.3. The van der Waals surface area contributed by atoms with Crippen molar-refractivity contribution < 1.29 is 4.74 Å². The lowest BCUT2D eigenvalue weighted by molar-refractivity contribution is 0.0592. The quantitative estimate of drug-likeness (QED) is 0.331. The van der Waals surface area contributed by atoms with Crippen molar-refractivity contribution in [3.63, 3.8) is 0 Å². The van der Waals surface area contributed by atoms with Crippen molar-refractivity contribution in [3.05, 3.63) is 53.8 Å². The molecule has 1 aromatic rings. The zero-order valence-electron chi connectivity index (χ0n) is 18.3. The van der Waals surface area contributed by atoms with Crippen LogP contribution in [0.5, 0.6) is 0 Å². The number of halogens is 1. The maximum atomic E-state index is 6.80. The smallest absolute Gasteiger partial charge is 0.102 e. The molecule has 1 aromatic carbocycles. The van der Waals surface area contributed by atoms with Crippen LogP contribution < -0.4 is 5.32 Å². The minimum absolute atomic E-state index is 0.389. The van der Waals surface area contributed by atoms with Crippen LogP contribution in [0.2, 0.25) is 0 Å². The maximum Gasteiger partial charge on any atom is 0.102 e. The molecular formula is C27H38INO. The fourth-order valence-corrected chi connectivity index (χ4v) is 5.94. The van der Waals surface area contributed by atoms with E-state index < -0.39 is 0 Å². The van der Waals surface area contributed by atoms with Gasteiger partial charge in [0.05, 0.1) is 6.10 Å². The first-order valence-corrected chi connectivity index (χ1v) is 13.6. The number of allylic oxidation sites excluding steroid dienone is 2. The van der Waals surface area contributed by atoms with Crippen molar-refractivity contribution in [2.45, 2.75) is 93.1 Å². The molecule has 0 radical (unpaired) electrons. The van der Waals surface area contributed by atoms with E-state index in [0.717, 1.165) is 10.5 Å². The van der Waals surface area contributed by atoms with Gasteiger partial charge in [-0.3, -0.25) is 0 Å². The Balaban J connectivity index is 1.56. The Morgan fingerprint density at radius 1 is 0.800 bits per heavy atom. The van der Waals surface area contributed by atoms with Gasteiger partial charge in [-0.15, -0.1) is 0 Å². The van der Waals surface area contributed by atoms with E-state index in [-0.39, 0.29) is 0 Å². The number of hydrogen-bond donors (Lipinski definition) is 1. The van der Waals surface area contributed by atoms with Crippen LogP contribution in [-0.2, 0) is 4.74 Å². The molecule has 0 spiro atoms. The van der Waals surface area contributed by atoms with Gasteiger partial charge in [-0.25, -0.2) is 0 Å². The Morgan fingerprint density at radius 2 is 1.50 bits per heavy atom. The SMILES string of the molecule is I[C@H]1CC[C@@H](OC2=CC(c3ccccc3)=CC3NCCCCCCCCCC23)CC1. The third kappa shape index (κ3) is 6.35. The van der Waals surface area contributed by atoms with Crippen LogP contribution in [0.3, 0.4) is 0 Å². The number of nitrogens with one attached hydrogen (secondary N) is 1. The summed E-state index contributed by atoms with van der Waals surface area (Å²) in [7, 11) is 0. The Kier molecular flexibility index (Phi) is 8.74. The molecule has 3 heteroatoms. The van der Waals surface area contributed by atoms with Crippen molar-refractivity contribution in [1.29, 1.82) is 0 Å². The van der Waals surface area contributed by atoms with E-state index >= 15 is 0 Å². The molecule has 1 saturated carbocycles. The molecule has 1 N–H and O–H groups in total. The highest BCUT2D eigenvalue weighted by Gasteiger charge is 2.31. The summed E-state index contributed by atoms with van der Waals surface area (Å²) in [5, 5.41) is 3.92. The normalized spacial score (nSPS) is 31.4. The largest absolute Gasteiger partial charge is 0.494 e. The molecule has 164 valence electrons. The fraction of sp³-hybridized carbons (Fsp3) is 0.630. The second-order valence-electron chi connectivity index (χ2n) is 9.38. The molecule has 0 amide bonds. The van der Waals surface area contributed by atoms with Crippen LogP contribution in [0.1, 0.15) is 82.6 Å². The molecule has 2 fully saturated rings. The third-order valence-corrected chi connectivity index (χ3v) is 8.29. The van der Waals surface area contributed by atoms with E-state index in [9.17, 15) is 0 Å². The fourth-order valence-electron chi connectivity index (χ4n) is 5.22. The van der Waals surface area contributed by atoms with E-state index in [4.69, 9.17) is 4.74 Å². The summed E-state index contributed by atoms with van der Waals surface area (Å²) < 4.78 is 7.63. The lowest BCUT2D eigenvalue weighted by atomic mass is 9.83. The van der Waals surface area contributed by atoms with E-state index in [1.807, 2.05) is 0 Å². The van der Waals surface area contributed by atoms with E-state index in [0.29, 0.717) is 18.1 Å². The van der Waals surface area contributed by atoms with E-state index in [1.54, 1.807) is 0 Å². The number of ether oxygens (including phenoxy) is 1. The van der Waals surface area contributed by atoms with Crippen molar-refractivity contribution in [1.82, 2.24) is 5.32 Å². The van der Waals surface area contributed by atoms with Crippen molar-refractivity contribution in [2.75, 3.05) is 6.54 Å².